The van der Waals surface area contributed by atoms with Gasteiger partial charge in [0.15, 0.2) is 0 Å². The van der Waals surface area contributed by atoms with Crippen molar-refractivity contribution in [3.63, 3.8) is 0 Å². The average molecular weight is 320 g/mol. The summed E-state index contributed by atoms with van der Waals surface area (Å²) >= 11 is 5.92. The molecule has 0 saturated carbocycles. The van der Waals surface area contributed by atoms with Gasteiger partial charge in [-0.05, 0) is 42.8 Å². The van der Waals surface area contributed by atoms with E-state index in [4.69, 9.17) is 16.3 Å². The largest absolute Gasteiger partial charge is 0.489 e. The molecule has 2 aromatic rings. The second-order valence-electron chi connectivity index (χ2n) is 5.01. The third kappa shape index (κ3) is 5.06. The van der Waals surface area contributed by atoms with E-state index >= 15 is 0 Å². The van der Waals surface area contributed by atoms with Crippen LogP contribution < -0.4 is 10.1 Å². The number of nitrogens with one attached hydrogen (secondary N) is 1. The van der Waals surface area contributed by atoms with E-state index in [1.165, 1.54) is 0 Å². The van der Waals surface area contributed by atoms with Crippen molar-refractivity contribution in [1.29, 1.82) is 0 Å². The van der Waals surface area contributed by atoms with Gasteiger partial charge in [-0.2, -0.15) is 0 Å². The van der Waals surface area contributed by atoms with Crippen molar-refractivity contribution in [3.8, 4) is 5.75 Å². The third-order valence-corrected chi connectivity index (χ3v) is 3.18. The molecule has 0 heterocycles. The molecule has 0 aliphatic carbocycles. The fourth-order valence-electron chi connectivity index (χ4n) is 1.86. The number of aliphatic hydroxyl groups excluding tert-OH is 1. The molecule has 4 nitrogen and oxygen atoms in total. The monoisotopic (exact) mass is 319 g/mol. The quantitative estimate of drug-likeness (QED) is 0.860. The molecule has 0 bridgehead atoms. The second-order valence-corrected chi connectivity index (χ2v) is 5.44. The Morgan fingerprint density at radius 3 is 2.77 bits per heavy atom. The maximum Gasteiger partial charge on any atom is 0.251 e. The Morgan fingerprint density at radius 2 is 2.05 bits per heavy atom. The SMILES string of the molecule is CC(O)CNC(=O)c1cccc(OCc2cccc(Cl)c2)c1. The van der Waals surface area contributed by atoms with Gasteiger partial charge < -0.3 is 15.2 Å². The van der Waals surface area contributed by atoms with Crippen molar-refractivity contribution in [1.82, 2.24) is 5.32 Å². The Labute approximate surface area is 134 Å². The first-order valence-corrected chi connectivity index (χ1v) is 7.36. The van der Waals surface area contributed by atoms with Crippen molar-refractivity contribution >= 4 is 17.5 Å². The van der Waals surface area contributed by atoms with E-state index in [0.717, 1.165) is 5.56 Å². The molecular weight excluding hydrogens is 302 g/mol. The molecule has 0 aliphatic heterocycles. The Balaban J connectivity index is 1.97. The molecule has 0 saturated heterocycles. The van der Waals surface area contributed by atoms with Crippen LogP contribution >= 0.6 is 11.6 Å². The molecule has 2 N–H and O–H groups in total. The summed E-state index contributed by atoms with van der Waals surface area (Å²) in [6.45, 7) is 2.20. The number of carbonyl (C=O) groups excluding carboxylic acids is 1. The van der Waals surface area contributed by atoms with Crippen LogP contribution in [0.5, 0.6) is 5.75 Å². The Bertz CT molecular complexity index is 643. The number of amides is 1. The van der Waals surface area contributed by atoms with Crippen LogP contribution in [0.4, 0.5) is 0 Å². The second kappa shape index (κ2) is 7.82. The molecule has 5 heteroatoms. The van der Waals surface area contributed by atoms with Crippen LogP contribution in [-0.4, -0.2) is 23.7 Å². The van der Waals surface area contributed by atoms with Crippen LogP contribution in [0.25, 0.3) is 0 Å². The van der Waals surface area contributed by atoms with Gasteiger partial charge in [-0.15, -0.1) is 0 Å². The Morgan fingerprint density at radius 1 is 1.27 bits per heavy atom. The molecule has 2 aromatic carbocycles. The number of rotatable bonds is 6. The van der Waals surface area contributed by atoms with Gasteiger partial charge in [0.25, 0.3) is 5.91 Å². The summed E-state index contributed by atoms with van der Waals surface area (Å²) in [5, 5.41) is 12.5. The molecule has 1 atom stereocenters. The summed E-state index contributed by atoms with van der Waals surface area (Å²) in [7, 11) is 0. The normalized spacial score (nSPS) is 11.8. The highest BCUT2D eigenvalue weighted by Crippen LogP contribution is 2.17. The third-order valence-electron chi connectivity index (χ3n) is 2.95. The maximum atomic E-state index is 11.9. The molecule has 0 aromatic heterocycles. The van der Waals surface area contributed by atoms with Gasteiger partial charge >= 0.3 is 0 Å². The summed E-state index contributed by atoms with van der Waals surface area (Å²) < 4.78 is 5.68. The molecule has 0 aliphatic rings. The van der Waals surface area contributed by atoms with E-state index in [9.17, 15) is 9.90 Å². The molecule has 2 rings (SSSR count). The fraction of sp³-hybridized carbons (Fsp3) is 0.235. The molecule has 0 spiro atoms. The zero-order chi connectivity index (χ0) is 15.9. The molecule has 0 radical (unpaired) electrons. The molecular formula is C17H18ClNO3. The van der Waals surface area contributed by atoms with E-state index in [0.29, 0.717) is 22.9 Å². The van der Waals surface area contributed by atoms with E-state index in [2.05, 4.69) is 5.32 Å². The van der Waals surface area contributed by atoms with Crippen LogP contribution in [0, 0.1) is 0 Å². The lowest BCUT2D eigenvalue weighted by Gasteiger charge is -2.10. The van der Waals surface area contributed by atoms with E-state index in [-0.39, 0.29) is 12.5 Å². The summed E-state index contributed by atoms with van der Waals surface area (Å²) in [5.41, 5.74) is 1.45. The Hall–Kier alpha value is -2.04. The minimum Gasteiger partial charge on any atom is -0.489 e. The van der Waals surface area contributed by atoms with Gasteiger partial charge in [0.2, 0.25) is 0 Å². The zero-order valence-electron chi connectivity index (χ0n) is 12.3. The summed E-state index contributed by atoms with van der Waals surface area (Å²) in [5.74, 6) is 0.360. The number of hydrogen-bond acceptors (Lipinski definition) is 3. The number of benzene rings is 2. The molecule has 22 heavy (non-hydrogen) atoms. The Kier molecular flexibility index (Phi) is 5.81. The predicted octanol–water partition coefficient (Wildman–Crippen LogP) is 3.03. The molecule has 0 fully saturated rings. The lowest BCUT2D eigenvalue weighted by molar-refractivity contribution is 0.0923. The summed E-state index contributed by atoms with van der Waals surface area (Å²) in [4.78, 5) is 11.9. The van der Waals surface area contributed by atoms with Crippen LogP contribution in [-0.2, 0) is 6.61 Å². The minimum absolute atomic E-state index is 0.215. The van der Waals surface area contributed by atoms with Gasteiger partial charge in [0, 0.05) is 17.1 Å². The first-order chi connectivity index (χ1) is 10.5. The van der Waals surface area contributed by atoms with Crippen molar-refractivity contribution in [2.24, 2.45) is 0 Å². The highest BCUT2D eigenvalue weighted by molar-refractivity contribution is 6.30. The zero-order valence-corrected chi connectivity index (χ0v) is 13.0. The van der Waals surface area contributed by atoms with Gasteiger partial charge in [-0.1, -0.05) is 29.8 Å². The number of ether oxygens (including phenoxy) is 1. The number of halogens is 1. The van der Waals surface area contributed by atoms with Gasteiger partial charge in [0.1, 0.15) is 12.4 Å². The number of carbonyl (C=O) groups is 1. The smallest absolute Gasteiger partial charge is 0.251 e. The maximum absolute atomic E-state index is 11.9. The first kappa shape index (κ1) is 16.3. The lowest BCUT2D eigenvalue weighted by Crippen LogP contribution is -2.30. The minimum atomic E-state index is -0.578. The lowest BCUT2D eigenvalue weighted by atomic mass is 10.2. The average Bonchev–Trinajstić information content (AvgIpc) is 2.51. The molecule has 1 amide bonds. The summed E-state index contributed by atoms with van der Waals surface area (Å²) in [6.07, 6.45) is -0.578. The van der Waals surface area contributed by atoms with Gasteiger partial charge in [-0.25, -0.2) is 0 Å². The first-order valence-electron chi connectivity index (χ1n) is 6.98. The number of aliphatic hydroxyl groups is 1. The van der Waals surface area contributed by atoms with Crippen LogP contribution in [0.15, 0.2) is 48.5 Å². The van der Waals surface area contributed by atoms with Crippen LogP contribution in [0.1, 0.15) is 22.8 Å². The van der Waals surface area contributed by atoms with Crippen LogP contribution in [0.2, 0.25) is 5.02 Å². The van der Waals surface area contributed by atoms with Crippen molar-refractivity contribution in [2.45, 2.75) is 19.6 Å². The van der Waals surface area contributed by atoms with E-state index in [1.54, 1.807) is 37.3 Å². The summed E-state index contributed by atoms with van der Waals surface area (Å²) in [6, 6.07) is 14.3. The van der Waals surface area contributed by atoms with Gasteiger partial charge in [-0.3, -0.25) is 4.79 Å². The van der Waals surface area contributed by atoms with Gasteiger partial charge in [0.05, 0.1) is 6.10 Å². The van der Waals surface area contributed by atoms with E-state index < -0.39 is 6.10 Å². The highest BCUT2D eigenvalue weighted by atomic mass is 35.5. The van der Waals surface area contributed by atoms with Crippen LogP contribution in [0.3, 0.4) is 0 Å². The number of hydrogen-bond donors (Lipinski definition) is 2. The standard InChI is InChI=1S/C17H18ClNO3/c1-12(20)10-19-17(21)14-5-3-7-16(9-14)22-11-13-4-2-6-15(18)8-13/h2-9,12,20H,10-11H2,1H3,(H,19,21). The predicted molar refractivity (Wildman–Crippen MR) is 86.2 cm³/mol. The molecule has 116 valence electrons. The van der Waals surface area contributed by atoms with Crippen molar-refractivity contribution in [2.75, 3.05) is 6.54 Å². The fourth-order valence-corrected chi connectivity index (χ4v) is 2.08. The van der Waals surface area contributed by atoms with Crippen molar-refractivity contribution < 1.29 is 14.6 Å². The molecule has 1 unspecified atom stereocenters. The highest BCUT2D eigenvalue weighted by Gasteiger charge is 2.07. The topological polar surface area (TPSA) is 58.6 Å². The van der Waals surface area contributed by atoms with Crippen molar-refractivity contribution in [3.05, 3.63) is 64.7 Å². The van der Waals surface area contributed by atoms with E-state index in [1.807, 2.05) is 18.2 Å².